The first-order valence-electron chi connectivity index (χ1n) is 18.1. The summed E-state index contributed by atoms with van der Waals surface area (Å²) in [6.45, 7) is 0. The Morgan fingerprint density at radius 1 is 0.278 bits per heavy atom. The Morgan fingerprint density at radius 3 is 1.54 bits per heavy atom. The third-order valence-electron chi connectivity index (χ3n) is 10.9. The van der Waals surface area contributed by atoms with E-state index >= 15 is 0 Å². The Balaban J connectivity index is 1.18. The largest absolute Gasteiger partial charge is 0.456 e. The summed E-state index contributed by atoms with van der Waals surface area (Å²) in [6, 6.07) is 56.6. The lowest BCUT2D eigenvalue weighted by Gasteiger charge is -2.13. The van der Waals surface area contributed by atoms with Crippen molar-refractivity contribution in [1.29, 1.82) is 0 Å². The molecule has 0 radical (unpaired) electrons. The highest BCUT2D eigenvalue weighted by Gasteiger charge is 2.26. The molecule has 8 aromatic carbocycles. The van der Waals surface area contributed by atoms with Crippen molar-refractivity contribution >= 4 is 54.6 Å². The van der Waals surface area contributed by atoms with E-state index in [4.69, 9.17) is 23.8 Å². The van der Waals surface area contributed by atoms with Crippen molar-refractivity contribution in [2.75, 3.05) is 0 Å². The van der Waals surface area contributed by atoms with Crippen LogP contribution in [0.1, 0.15) is 0 Å². The first-order valence-corrected chi connectivity index (χ1v) is 18.1. The van der Waals surface area contributed by atoms with Gasteiger partial charge in [-0.05, 0) is 75.0 Å². The van der Waals surface area contributed by atoms with Crippen molar-refractivity contribution in [3.05, 3.63) is 164 Å². The average molecular weight is 690 g/mol. The number of fused-ring (bicyclic) bond motifs is 9. The monoisotopic (exact) mass is 689 g/mol. The molecule has 3 heterocycles. The highest BCUT2D eigenvalue weighted by molar-refractivity contribution is 6.19. The summed E-state index contributed by atoms with van der Waals surface area (Å²) in [6.07, 6.45) is 0. The number of furan rings is 2. The Morgan fingerprint density at radius 2 is 0.759 bits per heavy atom. The number of hydrogen-bond donors (Lipinski definition) is 0. The fourth-order valence-electron chi connectivity index (χ4n) is 8.56. The van der Waals surface area contributed by atoms with E-state index in [-0.39, 0.29) is 0 Å². The van der Waals surface area contributed by atoms with Crippen molar-refractivity contribution in [3.63, 3.8) is 0 Å². The smallest absolute Gasteiger partial charge is 0.164 e. The number of benzene rings is 8. The van der Waals surface area contributed by atoms with Crippen LogP contribution in [0.3, 0.4) is 0 Å². The van der Waals surface area contributed by atoms with Gasteiger partial charge in [0.1, 0.15) is 22.3 Å². The maximum atomic E-state index is 6.66. The van der Waals surface area contributed by atoms with Gasteiger partial charge in [-0.25, -0.2) is 15.0 Å². The van der Waals surface area contributed by atoms with Gasteiger partial charge in [-0.1, -0.05) is 127 Å². The Labute approximate surface area is 308 Å². The van der Waals surface area contributed by atoms with Crippen LogP contribution in [0.4, 0.5) is 0 Å². The summed E-state index contributed by atoms with van der Waals surface area (Å²) in [4.78, 5) is 16.0. The van der Waals surface area contributed by atoms with Crippen LogP contribution in [0.2, 0.25) is 0 Å². The zero-order valence-corrected chi connectivity index (χ0v) is 28.7. The Hall–Kier alpha value is -7.37. The Kier molecular flexibility index (Phi) is 5.99. The zero-order chi connectivity index (χ0) is 35.3. The van der Waals surface area contributed by atoms with E-state index in [9.17, 15) is 0 Å². The topological polar surface area (TPSA) is 65.0 Å². The van der Waals surface area contributed by atoms with Gasteiger partial charge in [-0.3, -0.25) is 0 Å². The number of nitrogens with zero attached hydrogens (tertiary/aromatic N) is 3. The molecule has 5 heteroatoms. The minimum absolute atomic E-state index is 0.572. The first-order chi connectivity index (χ1) is 26.8. The van der Waals surface area contributed by atoms with Crippen LogP contribution in [0.5, 0.6) is 0 Å². The third-order valence-corrected chi connectivity index (χ3v) is 10.9. The molecule has 1 aliphatic carbocycles. The van der Waals surface area contributed by atoms with Crippen LogP contribution in [-0.4, -0.2) is 15.0 Å². The molecule has 0 aliphatic heterocycles. The van der Waals surface area contributed by atoms with Gasteiger partial charge < -0.3 is 8.83 Å². The molecule has 0 bridgehead atoms. The first kappa shape index (κ1) is 29.2. The van der Waals surface area contributed by atoms with Crippen molar-refractivity contribution in [3.8, 4) is 67.5 Å². The molecular formula is C49H27N3O2. The summed E-state index contributed by atoms with van der Waals surface area (Å²) in [5, 5.41) is 6.30. The minimum atomic E-state index is 0.572. The zero-order valence-electron chi connectivity index (χ0n) is 28.7. The summed E-state index contributed by atoms with van der Waals surface area (Å²) >= 11 is 0. The van der Waals surface area contributed by atoms with Crippen molar-refractivity contribution in [2.24, 2.45) is 0 Å². The molecule has 12 rings (SSSR count). The van der Waals surface area contributed by atoms with Crippen LogP contribution in [0, 0.1) is 0 Å². The molecule has 0 unspecified atom stereocenters. The second-order valence-corrected chi connectivity index (χ2v) is 13.8. The average Bonchev–Trinajstić information content (AvgIpc) is 3.92. The maximum absolute atomic E-state index is 6.66. The van der Waals surface area contributed by atoms with Gasteiger partial charge in [-0.15, -0.1) is 0 Å². The third kappa shape index (κ3) is 4.12. The van der Waals surface area contributed by atoms with Gasteiger partial charge >= 0.3 is 0 Å². The molecule has 0 fully saturated rings. The van der Waals surface area contributed by atoms with E-state index in [1.165, 1.54) is 27.6 Å². The van der Waals surface area contributed by atoms with E-state index in [0.717, 1.165) is 77.1 Å². The molecule has 250 valence electrons. The Bertz CT molecular complexity index is 3310. The van der Waals surface area contributed by atoms with Crippen LogP contribution < -0.4 is 0 Å². The van der Waals surface area contributed by atoms with Crippen LogP contribution in [0.25, 0.3) is 122 Å². The highest BCUT2D eigenvalue weighted by atomic mass is 16.3. The van der Waals surface area contributed by atoms with E-state index in [0.29, 0.717) is 17.5 Å². The van der Waals surface area contributed by atoms with Gasteiger partial charge in [0.05, 0.1) is 0 Å². The summed E-state index contributed by atoms with van der Waals surface area (Å²) in [7, 11) is 0. The SMILES string of the molecule is c1ccc(-c2ccc(-c3nc(-c4ccc5c6c(cccc46)-c4ccccc4-5)nc(-c4cccc5oc6ccccc6c45)n3)c3c2oc2ccccc23)cc1. The predicted octanol–water partition coefficient (Wildman–Crippen LogP) is 13.1. The molecule has 0 atom stereocenters. The van der Waals surface area contributed by atoms with Gasteiger partial charge in [-0.2, -0.15) is 0 Å². The van der Waals surface area contributed by atoms with Crippen molar-refractivity contribution in [2.45, 2.75) is 0 Å². The highest BCUT2D eigenvalue weighted by Crippen LogP contribution is 2.49. The lowest BCUT2D eigenvalue weighted by atomic mass is 9.97. The van der Waals surface area contributed by atoms with Crippen molar-refractivity contribution in [1.82, 2.24) is 15.0 Å². The lowest BCUT2D eigenvalue weighted by molar-refractivity contribution is 0.669. The summed E-state index contributed by atoms with van der Waals surface area (Å²) in [5.41, 5.74) is 13.0. The molecule has 0 saturated carbocycles. The van der Waals surface area contributed by atoms with Crippen LogP contribution >= 0.6 is 0 Å². The fraction of sp³-hybridized carbons (Fsp3) is 0. The molecule has 1 aliphatic rings. The van der Waals surface area contributed by atoms with Gasteiger partial charge in [0.2, 0.25) is 0 Å². The van der Waals surface area contributed by atoms with E-state index in [1.54, 1.807) is 0 Å². The second kappa shape index (κ2) is 11.1. The predicted molar refractivity (Wildman–Crippen MR) is 218 cm³/mol. The van der Waals surface area contributed by atoms with Gasteiger partial charge in [0.15, 0.2) is 17.5 Å². The van der Waals surface area contributed by atoms with E-state index in [1.807, 2.05) is 48.5 Å². The van der Waals surface area contributed by atoms with Gasteiger partial charge in [0.25, 0.3) is 0 Å². The molecule has 0 spiro atoms. The molecule has 54 heavy (non-hydrogen) atoms. The van der Waals surface area contributed by atoms with E-state index < -0.39 is 0 Å². The maximum Gasteiger partial charge on any atom is 0.164 e. The number of hydrogen-bond acceptors (Lipinski definition) is 5. The lowest BCUT2D eigenvalue weighted by Crippen LogP contribution is -2.01. The normalized spacial score (nSPS) is 12.1. The fourth-order valence-corrected chi connectivity index (χ4v) is 8.56. The number of para-hydroxylation sites is 2. The molecule has 11 aromatic rings. The minimum Gasteiger partial charge on any atom is -0.456 e. The molecule has 0 N–H and O–H groups in total. The quantitative estimate of drug-likeness (QED) is 0.184. The van der Waals surface area contributed by atoms with Crippen LogP contribution in [-0.2, 0) is 0 Å². The molecule has 0 saturated heterocycles. The van der Waals surface area contributed by atoms with E-state index in [2.05, 4.69) is 115 Å². The number of rotatable bonds is 4. The molecule has 3 aromatic heterocycles. The molecular weight excluding hydrogens is 663 g/mol. The second-order valence-electron chi connectivity index (χ2n) is 13.8. The van der Waals surface area contributed by atoms with Gasteiger partial charge in [0, 0.05) is 43.8 Å². The number of aromatic nitrogens is 3. The molecule has 0 amide bonds. The molecule has 5 nitrogen and oxygen atoms in total. The van der Waals surface area contributed by atoms with Crippen molar-refractivity contribution < 1.29 is 8.83 Å². The van der Waals surface area contributed by atoms with Crippen LogP contribution in [0.15, 0.2) is 173 Å². The standard InChI is InChI=1S/C49H27N3O2/c1-2-12-28(13-3-1)29-24-27-39(45-37-17-7-9-22-41(37)54-46(29)45)49-51-47(35-26-25-34-31-15-5-4-14-30(31)32-18-10-19-33(35)43(32)34)50-48(52-49)38-20-11-23-42-44(38)36-16-6-8-21-40(36)53-42/h1-27H. The summed E-state index contributed by atoms with van der Waals surface area (Å²) in [5.74, 6) is 1.75. The summed E-state index contributed by atoms with van der Waals surface area (Å²) < 4.78 is 13.0.